The Morgan fingerprint density at radius 1 is 1.50 bits per heavy atom. The van der Waals surface area contributed by atoms with Crippen LogP contribution in [0.4, 0.5) is 0 Å². The zero-order valence-electron chi connectivity index (χ0n) is 5.89. The highest BCUT2D eigenvalue weighted by Crippen LogP contribution is 2.09. The lowest BCUT2D eigenvalue weighted by atomic mass is 10.1. The molecule has 0 bridgehead atoms. The van der Waals surface area contributed by atoms with E-state index in [1.807, 2.05) is 0 Å². The minimum atomic E-state index is -0.650. The summed E-state index contributed by atoms with van der Waals surface area (Å²) in [6.07, 6.45) is 3.28. The van der Waals surface area contributed by atoms with Gasteiger partial charge in [-0.15, -0.1) is 0 Å². The van der Waals surface area contributed by atoms with Crippen LogP contribution in [0.2, 0.25) is 0 Å². The molecule has 0 saturated carbocycles. The topological polar surface area (TPSA) is 90.1 Å². The molecule has 4 nitrogen and oxygen atoms in total. The molecule has 1 unspecified atom stereocenters. The minimum Gasteiger partial charge on any atom is -0.399 e. The fourth-order valence-electron chi connectivity index (χ4n) is 0.688. The van der Waals surface area contributed by atoms with Gasteiger partial charge in [0.25, 0.3) is 0 Å². The summed E-state index contributed by atoms with van der Waals surface area (Å²) in [5.41, 5.74) is 17.2. The van der Waals surface area contributed by atoms with Crippen molar-refractivity contribution >= 4 is 0 Å². The molecule has 4 heteroatoms. The van der Waals surface area contributed by atoms with Crippen LogP contribution in [0.15, 0.2) is 23.7 Å². The van der Waals surface area contributed by atoms with Gasteiger partial charge in [-0.2, -0.15) is 0 Å². The quantitative estimate of drug-likeness (QED) is 0.344. The van der Waals surface area contributed by atoms with E-state index in [0.717, 1.165) is 0 Å². The fourth-order valence-corrected chi connectivity index (χ4v) is 0.688. The van der Waals surface area contributed by atoms with Crippen molar-refractivity contribution in [2.45, 2.75) is 12.6 Å². The third kappa shape index (κ3) is 1.06. The molecule has 1 atom stereocenters. The number of hydrogen-bond donors (Lipinski definition) is 4. The van der Waals surface area contributed by atoms with Gasteiger partial charge in [0.1, 0.15) is 5.66 Å². The van der Waals surface area contributed by atoms with Crippen LogP contribution in [0.25, 0.3) is 0 Å². The first-order valence-electron chi connectivity index (χ1n) is 3.02. The van der Waals surface area contributed by atoms with E-state index in [0.29, 0.717) is 11.4 Å². The maximum atomic E-state index is 5.68. The van der Waals surface area contributed by atoms with Crippen LogP contribution >= 0.6 is 0 Å². The minimum absolute atomic E-state index is 0.549. The maximum Gasteiger partial charge on any atom is 0.123 e. The summed E-state index contributed by atoms with van der Waals surface area (Å²) in [6.45, 7) is 1.78. The first-order valence-corrected chi connectivity index (χ1v) is 3.02. The smallest absolute Gasteiger partial charge is 0.123 e. The van der Waals surface area contributed by atoms with Gasteiger partial charge in [0.05, 0.1) is 5.70 Å². The maximum absolute atomic E-state index is 5.68. The van der Waals surface area contributed by atoms with Gasteiger partial charge in [0.15, 0.2) is 0 Å². The van der Waals surface area contributed by atoms with Crippen molar-refractivity contribution in [3.05, 3.63) is 23.7 Å². The monoisotopic (exact) mass is 140 g/mol. The summed E-state index contributed by atoms with van der Waals surface area (Å²) in [7, 11) is 0. The second-order valence-corrected chi connectivity index (χ2v) is 2.59. The van der Waals surface area contributed by atoms with E-state index in [9.17, 15) is 0 Å². The van der Waals surface area contributed by atoms with Crippen LogP contribution in [-0.4, -0.2) is 5.66 Å². The van der Waals surface area contributed by atoms with E-state index in [2.05, 4.69) is 5.32 Å². The van der Waals surface area contributed by atoms with Crippen molar-refractivity contribution in [3.63, 3.8) is 0 Å². The molecule has 0 aromatic heterocycles. The van der Waals surface area contributed by atoms with Gasteiger partial charge in [0, 0.05) is 11.9 Å². The van der Waals surface area contributed by atoms with Gasteiger partial charge in [-0.3, -0.25) is 0 Å². The highest BCUT2D eigenvalue weighted by molar-refractivity contribution is 5.29. The van der Waals surface area contributed by atoms with Crippen molar-refractivity contribution in [2.75, 3.05) is 0 Å². The first-order chi connectivity index (χ1) is 4.52. The number of allylic oxidation sites excluding steroid dienone is 1. The summed E-state index contributed by atoms with van der Waals surface area (Å²) in [4.78, 5) is 0. The molecular formula is C6H12N4. The number of hydrogen-bond acceptors (Lipinski definition) is 4. The predicted molar refractivity (Wildman–Crippen MR) is 40.3 cm³/mol. The third-order valence-corrected chi connectivity index (χ3v) is 1.46. The van der Waals surface area contributed by atoms with E-state index in [1.54, 1.807) is 19.2 Å². The van der Waals surface area contributed by atoms with Crippen LogP contribution in [0, 0.1) is 0 Å². The SMILES string of the molecule is CC1(N)NC=C(N)C=C1N. The first kappa shape index (κ1) is 6.95. The van der Waals surface area contributed by atoms with Crippen LogP contribution in [0.5, 0.6) is 0 Å². The van der Waals surface area contributed by atoms with Crippen LogP contribution in [-0.2, 0) is 0 Å². The number of nitrogens with two attached hydrogens (primary N) is 3. The average molecular weight is 140 g/mol. The molecule has 0 fully saturated rings. The largest absolute Gasteiger partial charge is 0.399 e. The van der Waals surface area contributed by atoms with E-state index in [1.165, 1.54) is 0 Å². The Morgan fingerprint density at radius 3 is 2.50 bits per heavy atom. The van der Waals surface area contributed by atoms with E-state index in [-0.39, 0.29) is 0 Å². The Balaban J connectivity index is 2.88. The van der Waals surface area contributed by atoms with Crippen molar-refractivity contribution in [1.29, 1.82) is 0 Å². The van der Waals surface area contributed by atoms with Gasteiger partial charge >= 0.3 is 0 Å². The Labute approximate surface area is 59.7 Å². The van der Waals surface area contributed by atoms with Crippen molar-refractivity contribution in [2.24, 2.45) is 17.2 Å². The Kier molecular flexibility index (Phi) is 1.33. The molecule has 0 radical (unpaired) electrons. The predicted octanol–water partition coefficient (Wildman–Crippen LogP) is -1.09. The Bertz CT molecular complexity index is 202. The summed E-state index contributed by atoms with van der Waals surface area (Å²) >= 11 is 0. The molecule has 0 aliphatic carbocycles. The van der Waals surface area contributed by atoms with E-state index >= 15 is 0 Å². The molecule has 0 spiro atoms. The summed E-state index contributed by atoms with van der Waals surface area (Å²) in [6, 6.07) is 0. The van der Waals surface area contributed by atoms with E-state index < -0.39 is 5.66 Å². The zero-order chi connectivity index (χ0) is 7.78. The molecule has 0 aromatic rings. The van der Waals surface area contributed by atoms with Gasteiger partial charge in [-0.25, -0.2) is 0 Å². The van der Waals surface area contributed by atoms with Gasteiger partial charge < -0.3 is 22.5 Å². The standard InChI is InChI=1S/C6H12N4/c1-6(9)5(8)2-4(7)3-10-6/h2-3,10H,7-9H2,1H3. The molecule has 1 aliphatic heterocycles. The molecule has 1 aliphatic rings. The highest BCUT2D eigenvalue weighted by Gasteiger charge is 2.22. The van der Waals surface area contributed by atoms with Crippen molar-refractivity contribution in [1.82, 2.24) is 5.32 Å². The van der Waals surface area contributed by atoms with Gasteiger partial charge in [-0.1, -0.05) is 0 Å². The third-order valence-electron chi connectivity index (χ3n) is 1.46. The molecule has 10 heavy (non-hydrogen) atoms. The number of dihydropyridines is 1. The van der Waals surface area contributed by atoms with Gasteiger partial charge in [-0.05, 0) is 13.0 Å². The lowest BCUT2D eigenvalue weighted by molar-refractivity contribution is 0.477. The van der Waals surface area contributed by atoms with Crippen LogP contribution in [0.3, 0.4) is 0 Å². The fraction of sp³-hybridized carbons (Fsp3) is 0.333. The van der Waals surface area contributed by atoms with Crippen LogP contribution < -0.4 is 22.5 Å². The summed E-state index contributed by atoms with van der Waals surface area (Å²) in [5.74, 6) is 0. The molecule has 1 rings (SSSR count). The van der Waals surface area contributed by atoms with Crippen molar-refractivity contribution in [3.8, 4) is 0 Å². The highest BCUT2D eigenvalue weighted by atomic mass is 15.1. The molecule has 7 N–H and O–H groups in total. The summed E-state index contributed by atoms with van der Waals surface area (Å²) in [5, 5.41) is 2.86. The molecular weight excluding hydrogens is 128 g/mol. The second kappa shape index (κ2) is 1.91. The number of nitrogens with one attached hydrogen (secondary N) is 1. The Hall–Kier alpha value is -1.16. The van der Waals surface area contributed by atoms with E-state index in [4.69, 9.17) is 17.2 Å². The molecule has 0 saturated heterocycles. The average Bonchev–Trinajstić information content (AvgIpc) is 1.81. The molecule has 56 valence electrons. The lowest BCUT2D eigenvalue weighted by Gasteiger charge is -2.28. The number of rotatable bonds is 0. The van der Waals surface area contributed by atoms with Gasteiger partial charge in [0.2, 0.25) is 0 Å². The zero-order valence-corrected chi connectivity index (χ0v) is 5.89. The van der Waals surface area contributed by atoms with Crippen molar-refractivity contribution < 1.29 is 0 Å². The Morgan fingerprint density at radius 2 is 2.10 bits per heavy atom. The normalized spacial score (nSPS) is 32.2. The second-order valence-electron chi connectivity index (χ2n) is 2.59. The molecule has 1 heterocycles. The summed E-state index contributed by atoms with van der Waals surface area (Å²) < 4.78 is 0. The lowest BCUT2D eigenvalue weighted by Crippen LogP contribution is -2.54. The molecule has 0 aromatic carbocycles. The van der Waals surface area contributed by atoms with Crippen LogP contribution in [0.1, 0.15) is 6.92 Å². The molecule has 0 amide bonds.